The Balaban J connectivity index is 1.70. The number of carbonyl (C=O) groups excluding carboxylic acids is 1. The molecule has 1 aromatic heterocycles. The van der Waals surface area contributed by atoms with E-state index in [1.54, 1.807) is 0 Å². The number of ether oxygens (including phenoxy) is 1. The average molecular weight is 302 g/mol. The summed E-state index contributed by atoms with van der Waals surface area (Å²) < 4.78 is 7.57. The maximum Gasteiger partial charge on any atom is 0.250 e. The molecule has 2 aromatic rings. The largest absolute Gasteiger partial charge is 0.366 e. The van der Waals surface area contributed by atoms with Crippen molar-refractivity contribution < 1.29 is 9.53 Å². The van der Waals surface area contributed by atoms with Crippen LogP contribution in [0.25, 0.3) is 11.0 Å². The number of aryl methyl sites for hydroxylation is 2. The van der Waals surface area contributed by atoms with E-state index in [9.17, 15) is 4.79 Å². The lowest BCUT2D eigenvalue weighted by Gasteiger charge is -2.29. The first-order valence-electron chi connectivity index (χ1n) is 7.55. The SMILES string of the molecule is Cc1cccc2nc(CNC(=O)[C@@H]3CN(C)CCO3)n(C)c12. The molecule has 0 unspecified atom stereocenters. The minimum absolute atomic E-state index is 0.0738. The molecule has 0 bridgehead atoms. The van der Waals surface area contributed by atoms with Gasteiger partial charge in [-0.15, -0.1) is 0 Å². The lowest BCUT2D eigenvalue weighted by Crippen LogP contribution is -2.48. The molecule has 22 heavy (non-hydrogen) atoms. The van der Waals surface area contributed by atoms with Crippen molar-refractivity contribution in [2.45, 2.75) is 19.6 Å². The Morgan fingerprint density at radius 1 is 1.45 bits per heavy atom. The van der Waals surface area contributed by atoms with E-state index in [4.69, 9.17) is 4.74 Å². The standard InChI is InChI=1S/C16H22N4O2/c1-11-5-4-6-12-15(11)20(3)14(18-12)9-17-16(21)13-10-19(2)7-8-22-13/h4-6,13H,7-10H2,1-3H3,(H,17,21)/t13-/m0/s1. The maximum absolute atomic E-state index is 12.2. The molecule has 1 fully saturated rings. The molecule has 1 amide bonds. The molecule has 0 radical (unpaired) electrons. The predicted octanol–water partition coefficient (Wildman–Crippen LogP) is 0.829. The number of hydrogen-bond donors (Lipinski definition) is 1. The molecule has 2 heterocycles. The van der Waals surface area contributed by atoms with Crippen molar-refractivity contribution in [3.63, 3.8) is 0 Å². The average Bonchev–Trinajstić information content (AvgIpc) is 2.82. The van der Waals surface area contributed by atoms with Gasteiger partial charge in [-0.25, -0.2) is 4.98 Å². The minimum Gasteiger partial charge on any atom is -0.366 e. The zero-order chi connectivity index (χ0) is 15.7. The summed E-state index contributed by atoms with van der Waals surface area (Å²) >= 11 is 0. The molecule has 1 aliphatic rings. The van der Waals surface area contributed by atoms with Crippen LogP contribution in [0.1, 0.15) is 11.4 Å². The first-order chi connectivity index (χ1) is 10.6. The maximum atomic E-state index is 12.2. The van der Waals surface area contributed by atoms with Crippen LogP contribution in [0.5, 0.6) is 0 Å². The number of hydrogen-bond acceptors (Lipinski definition) is 4. The number of morpholine rings is 1. The topological polar surface area (TPSA) is 59.4 Å². The third-order valence-electron chi connectivity index (χ3n) is 4.17. The van der Waals surface area contributed by atoms with Crippen molar-refractivity contribution in [3.8, 4) is 0 Å². The fourth-order valence-electron chi connectivity index (χ4n) is 2.89. The van der Waals surface area contributed by atoms with Gasteiger partial charge >= 0.3 is 0 Å². The fraction of sp³-hybridized carbons (Fsp3) is 0.500. The number of aromatic nitrogens is 2. The lowest BCUT2D eigenvalue weighted by molar-refractivity contribution is -0.138. The molecular formula is C16H22N4O2. The molecule has 0 saturated carbocycles. The third kappa shape index (κ3) is 2.84. The van der Waals surface area contributed by atoms with Crippen LogP contribution in [0.3, 0.4) is 0 Å². The highest BCUT2D eigenvalue weighted by Gasteiger charge is 2.24. The highest BCUT2D eigenvalue weighted by molar-refractivity contribution is 5.82. The van der Waals surface area contributed by atoms with E-state index in [1.165, 1.54) is 5.56 Å². The van der Waals surface area contributed by atoms with Gasteiger partial charge < -0.3 is 19.5 Å². The van der Waals surface area contributed by atoms with Crippen molar-refractivity contribution >= 4 is 16.9 Å². The van der Waals surface area contributed by atoms with E-state index in [0.29, 0.717) is 19.7 Å². The van der Waals surface area contributed by atoms with Crippen molar-refractivity contribution in [2.24, 2.45) is 7.05 Å². The summed E-state index contributed by atoms with van der Waals surface area (Å²) in [6, 6.07) is 6.06. The van der Waals surface area contributed by atoms with Crippen LogP contribution < -0.4 is 5.32 Å². The normalized spacial score (nSPS) is 19.5. The number of nitrogens with zero attached hydrogens (tertiary/aromatic N) is 3. The van der Waals surface area contributed by atoms with Gasteiger partial charge in [0.05, 0.1) is 24.2 Å². The quantitative estimate of drug-likeness (QED) is 0.912. The molecule has 6 heteroatoms. The lowest BCUT2D eigenvalue weighted by atomic mass is 10.2. The molecule has 0 spiro atoms. The molecule has 1 aliphatic heterocycles. The second kappa shape index (κ2) is 6.06. The summed E-state index contributed by atoms with van der Waals surface area (Å²) in [5.41, 5.74) is 3.25. The van der Waals surface area contributed by atoms with E-state index >= 15 is 0 Å². The predicted molar refractivity (Wildman–Crippen MR) is 84.5 cm³/mol. The minimum atomic E-state index is -0.393. The van der Waals surface area contributed by atoms with Crippen molar-refractivity contribution in [1.29, 1.82) is 0 Å². The van der Waals surface area contributed by atoms with Crippen LogP contribution in [-0.2, 0) is 23.1 Å². The zero-order valence-electron chi connectivity index (χ0n) is 13.3. The van der Waals surface area contributed by atoms with Gasteiger partial charge in [0, 0.05) is 20.1 Å². The Hall–Kier alpha value is -1.92. The van der Waals surface area contributed by atoms with Crippen LogP contribution in [0.15, 0.2) is 18.2 Å². The molecule has 1 aromatic carbocycles. The first-order valence-corrected chi connectivity index (χ1v) is 7.55. The van der Waals surface area contributed by atoms with Crippen molar-refractivity contribution in [1.82, 2.24) is 19.8 Å². The summed E-state index contributed by atoms with van der Waals surface area (Å²) in [5.74, 6) is 0.775. The monoisotopic (exact) mass is 302 g/mol. The number of para-hydroxylation sites is 1. The number of carbonyl (C=O) groups is 1. The number of likely N-dealkylation sites (N-methyl/N-ethyl adjacent to an activating group) is 1. The van der Waals surface area contributed by atoms with Crippen LogP contribution >= 0.6 is 0 Å². The molecule has 1 saturated heterocycles. The molecule has 1 N–H and O–H groups in total. The summed E-state index contributed by atoms with van der Waals surface area (Å²) in [6.45, 7) is 4.58. The Kier molecular flexibility index (Phi) is 4.13. The van der Waals surface area contributed by atoms with Crippen LogP contribution in [0, 0.1) is 6.92 Å². The summed E-state index contributed by atoms with van der Waals surface area (Å²) in [7, 11) is 3.98. The second-order valence-electron chi connectivity index (χ2n) is 5.87. The van der Waals surface area contributed by atoms with Gasteiger partial charge in [-0.05, 0) is 25.6 Å². The van der Waals surface area contributed by atoms with E-state index in [0.717, 1.165) is 23.4 Å². The highest BCUT2D eigenvalue weighted by Crippen LogP contribution is 2.18. The number of rotatable bonds is 3. The van der Waals surface area contributed by atoms with Gasteiger partial charge in [0.1, 0.15) is 11.9 Å². The zero-order valence-corrected chi connectivity index (χ0v) is 13.3. The number of nitrogens with one attached hydrogen (secondary N) is 1. The summed E-state index contributed by atoms with van der Waals surface area (Å²) in [6.07, 6.45) is -0.393. The number of amides is 1. The fourth-order valence-corrected chi connectivity index (χ4v) is 2.89. The summed E-state index contributed by atoms with van der Waals surface area (Å²) in [5, 5.41) is 2.94. The summed E-state index contributed by atoms with van der Waals surface area (Å²) in [4.78, 5) is 18.9. The Morgan fingerprint density at radius 2 is 2.27 bits per heavy atom. The van der Waals surface area contributed by atoms with Crippen LogP contribution in [-0.4, -0.2) is 53.2 Å². The molecular weight excluding hydrogens is 280 g/mol. The number of imidazole rings is 1. The van der Waals surface area contributed by atoms with E-state index in [2.05, 4.69) is 28.2 Å². The van der Waals surface area contributed by atoms with E-state index in [1.807, 2.05) is 30.8 Å². The third-order valence-corrected chi connectivity index (χ3v) is 4.17. The van der Waals surface area contributed by atoms with Crippen molar-refractivity contribution in [3.05, 3.63) is 29.6 Å². The molecule has 3 rings (SSSR count). The Labute approximate surface area is 130 Å². The van der Waals surface area contributed by atoms with Gasteiger partial charge in [-0.2, -0.15) is 0 Å². The highest BCUT2D eigenvalue weighted by atomic mass is 16.5. The van der Waals surface area contributed by atoms with Gasteiger partial charge in [0.15, 0.2) is 0 Å². The molecule has 118 valence electrons. The van der Waals surface area contributed by atoms with Crippen LogP contribution in [0.4, 0.5) is 0 Å². The van der Waals surface area contributed by atoms with Crippen molar-refractivity contribution in [2.75, 3.05) is 26.7 Å². The number of fused-ring (bicyclic) bond motifs is 1. The smallest absolute Gasteiger partial charge is 0.250 e. The second-order valence-corrected chi connectivity index (χ2v) is 5.87. The Morgan fingerprint density at radius 3 is 3.00 bits per heavy atom. The molecule has 0 aliphatic carbocycles. The van der Waals surface area contributed by atoms with Gasteiger partial charge in [0.25, 0.3) is 5.91 Å². The first kappa shape index (κ1) is 15.0. The number of benzene rings is 1. The molecule has 6 nitrogen and oxygen atoms in total. The van der Waals surface area contributed by atoms with Crippen LogP contribution in [0.2, 0.25) is 0 Å². The molecule has 1 atom stereocenters. The van der Waals surface area contributed by atoms with E-state index < -0.39 is 6.10 Å². The van der Waals surface area contributed by atoms with E-state index in [-0.39, 0.29) is 5.91 Å². The van der Waals surface area contributed by atoms with Gasteiger partial charge in [-0.1, -0.05) is 12.1 Å². The Bertz CT molecular complexity index is 695. The van der Waals surface area contributed by atoms with Gasteiger partial charge in [0.2, 0.25) is 0 Å². The van der Waals surface area contributed by atoms with Gasteiger partial charge in [-0.3, -0.25) is 4.79 Å².